The number of carbonyl (C=O) groups is 1. The Morgan fingerprint density at radius 2 is 1.74 bits per heavy atom. The lowest BCUT2D eigenvalue weighted by Crippen LogP contribution is -2.49. The lowest BCUT2D eigenvalue weighted by atomic mass is 10.1. The van der Waals surface area contributed by atoms with Gasteiger partial charge in [-0.1, -0.05) is 12.1 Å². The Bertz CT molecular complexity index is 1370. The minimum atomic E-state index is -0.325. The van der Waals surface area contributed by atoms with E-state index in [2.05, 4.69) is 51.8 Å². The maximum Gasteiger partial charge on any atom is 0.321 e. The van der Waals surface area contributed by atoms with Crippen LogP contribution in [0.5, 0.6) is 0 Å². The second-order valence-corrected chi connectivity index (χ2v) is 9.21. The number of carbonyl (C=O) groups excluding carboxylic acids is 1. The van der Waals surface area contributed by atoms with Crippen molar-refractivity contribution >= 4 is 22.9 Å². The van der Waals surface area contributed by atoms with E-state index in [1.165, 1.54) is 17.2 Å². The molecule has 8 heteroatoms. The number of pyridine rings is 1. The van der Waals surface area contributed by atoms with E-state index in [0.29, 0.717) is 30.9 Å². The van der Waals surface area contributed by atoms with Crippen molar-refractivity contribution in [3.05, 3.63) is 83.1 Å². The standard InChI is InChI=1S/C27H29FN6O/c1-18-13-19(2)15-22(14-18)34-25(31-24-5-4-8-29-26(24)34)17-32-9-11-33(12-10-32)27(35)30-21-7-6-20(3)23(28)16-21/h4-8,13-16H,9-12,17H2,1-3H3,(H,30,35). The van der Waals surface area contributed by atoms with Gasteiger partial charge >= 0.3 is 6.03 Å². The Balaban J connectivity index is 1.30. The van der Waals surface area contributed by atoms with Gasteiger partial charge in [0.15, 0.2) is 5.65 Å². The molecule has 4 aromatic rings. The smallest absolute Gasteiger partial charge is 0.321 e. The molecular formula is C27H29FN6O. The number of nitrogens with one attached hydrogen (secondary N) is 1. The fraction of sp³-hybridized carbons (Fsp3) is 0.296. The summed E-state index contributed by atoms with van der Waals surface area (Å²) in [5.41, 5.74) is 6.17. The number of aryl methyl sites for hydroxylation is 3. The van der Waals surface area contributed by atoms with E-state index in [9.17, 15) is 9.18 Å². The molecule has 0 radical (unpaired) electrons. The van der Waals surface area contributed by atoms with E-state index in [1.807, 2.05) is 12.1 Å². The third-order valence-electron chi connectivity index (χ3n) is 6.40. The molecule has 0 spiro atoms. The van der Waals surface area contributed by atoms with Gasteiger partial charge in [0.1, 0.15) is 17.2 Å². The SMILES string of the molecule is Cc1cc(C)cc(-n2c(CN3CCN(C(=O)Nc4ccc(C)c(F)c4)CC3)nc3cccnc32)c1. The summed E-state index contributed by atoms with van der Waals surface area (Å²) in [5, 5.41) is 2.81. The molecule has 1 aliphatic heterocycles. The van der Waals surface area contributed by atoms with Gasteiger partial charge in [-0.15, -0.1) is 0 Å². The van der Waals surface area contributed by atoms with Crippen molar-refractivity contribution in [2.24, 2.45) is 0 Å². The molecular weight excluding hydrogens is 443 g/mol. The number of halogens is 1. The largest absolute Gasteiger partial charge is 0.322 e. The first-order valence-corrected chi connectivity index (χ1v) is 11.8. The Labute approximate surface area is 204 Å². The van der Waals surface area contributed by atoms with Crippen LogP contribution in [0.1, 0.15) is 22.5 Å². The summed E-state index contributed by atoms with van der Waals surface area (Å²) in [6, 6.07) is 14.9. The number of benzene rings is 2. The zero-order chi connectivity index (χ0) is 24.5. The predicted octanol–water partition coefficient (Wildman–Crippen LogP) is 4.83. The zero-order valence-electron chi connectivity index (χ0n) is 20.3. The minimum Gasteiger partial charge on any atom is -0.322 e. The summed E-state index contributed by atoms with van der Waals surface area (Å²) in [7, 11) is 0. The number of nitrogens with zero attached hydrogens (tertiary/aromatic N) is 5. The maximum atomic E-state index is 13.8. The van der Waals surface area contributed by atoms with Crippen LogP contribution in [-0.2, 0) is 6.54 Å². The van der Waals surface area contributed by atoms with Gasteiger partial charge < -0.3 is 10.2 Å². The van der Waals surface area contributed by atoms with Gasteiger partial charge in [0.2, 0.25) is 0 Å². The van der Waals surface area contributed by atoms with Crippen LogP contribution >= 0.6 is 0 Å². The van der Waals surface area contributed by atoms with Gasteiger partial charge in [0, 0.05) is 43.8 Å². The Morgan fingerprint density at radius 1 is 1.00 bits per heavy atom. The van der Waals surface area contributed by atoms with Crippen LogP contribution in [-0.4, -0.2) is 56.5 Å². The van der Waals surface area contributed by atoms with Crippen molar-refractivity contribution < 1.29 is 9.18 Å². The normalized spacial score (nSPS) is 14.5. The monoisotopic (exact) mass is 472 g/mol. The quantitative estimate of drug-likeness (QED) is 0.462. The summed E-state index contributed by atoms with van der Waals surface area (Å²) < 4.78 is 16.0. The van der Waals surface area contributed by atoms with E-state index in [4.69, 9.17) is 4.98 Å². The van der Waals surface area contributed by atoms with Crippen molar-refractivity contribution in [2.75, 3.05) is 31.5 Å². The van der Waals surface area contributed by atoms with E-state index in [1.54, 1.807) is 30.2 Å². The highest BCUT2D eigenvalue weighted by Crippen LogP contribution is 2.23. The van der Waals surface area contributed by atoms with E-state index in [-0.39, 0.29) is 11.8 Å². The number of amides is 2. The molecule has 1 saturated heterocycles. The number of piperazine rings is 1. The summed E-state index contributed by atoms with van der Waals surface area (Å²) in [5.74, 6) is 0.602. The minimum absolute atomic E-state index is 0.209. The fourth-order valence-corrected chi connectivity index (χ4v) is 4.60. The first-order valence-electron chi connectivity index (χ1n) is 11.8. The van der Waals surface area contributed by atoms with Crippen LogP contribution in [0.25, 0.3) is 16.9 Å². The summed E-state index contributed by atoms with van der Waals surface area (Å²) in [4.78, 5) is 26.3. The van der Waals surface area contributed by atoms with Crippen molar-refractivity contribution in [1.29, 1.82) is 0 Å². The Morgan fingerprint density at radius 3 is 2.46 bits per heavy atom. The lowest BCUT2D eigenvalue weighted by molar-refractivity contribution is 0.140. The number of urea groups is 1. The maximum absolute atomic E-state index is 13.8. The Kier molecular flexibility index (Phi) is 6.21. The molecule has 7 nitrogen and oxygen atoms in total. The van der Waals surface area contributed by atoms with Gasteiger partial charge in [0.25, 0.3) is 0 Å². The lowest BCUT2D eigenvalue weighted by Gasteiger charge is -2.34. The number of rotatable bonds is 4. The van der Waals surface area contributed by atoms with Crippen molar-refractivity contribution in [3.63, 3.8) is 0 Å². The number of hydrogen-bond acceptors (Lipinski definition) is 4. The van der Waals surface area contributed by atoms with Crippen LogP contribution in [0, 0.1) is 26.6 Å². The molecule has 3 heterocycles. The average molecular weight is 473 g/mol. The number of anilines is 1. The topological polar surface area (TPSA) is 66.3 Å². The molecule has 1 fully saturated rings. The Hall–Kier alpha value is -3.78. The third kappa shape index (κ3) is 4.88. The van der Waals surface area contributed by atoms with Crippen molar-refractivity contribution in [1.82, 2.24) is 24.3 Å². The molecule has 5 rings (SSSR count). The second-order valence-electron chi connectivity index (χ2n) is 9.21. The fourth-order valence-electron chi connectivity index (χ4n) is 4.60. The predicted molar refractivity (Wildman–Crippen MR) is 135 cm³/mol. The van der Waals surface area contributed by atoms with Crippen molar-refractivity contribution in [3.8, 4) is 5.69 Å². The zero-order valence-corrected chi connectivity index (χ0v) is 20.3. The van der Waals surface area contributed by atoms with Crippen LogP contribution in [0.2, 0.25) is 0 Å². The highest BCUT2D eigenvalue weighted by molar-refractivity contribution is 5.89. The van der Waals surface area contributed by atoms with Crippen LogP contribution in [0.15, 0.2) is 54.7 Å². The number of fused-ring (bicyclic) bond motifs is 1. The number of aromatic nitrogens is 3. The molecule has 2 amide bonds. The average Bonchev–Trinajstić information content (AvgIpc) is 3.19. The summed E-state index contributed by atoms with van der Waals surface area (Å²) in [6.07, 6.45) is 1.80. The van der Waals surface area contributed by atoms with Gasteiger partial charge in [-0.3, -0.25) is 9.47 Å². The molecule has 180 valence electrons. The summed E-state index contributed by atoms with van der Waals surface area (Å²) >= 11 is 0. The van der Waals surface area contributed by atoms with Crippen LogP contribution in [0.3, 0.4) is 0 Å². The molecule has 0 aliphatic carbocycles. The third-order valence-corrected chi connectivity index (χ3v) is 6.40. The molecule has 0 saturated carbocycles. The van der Waals surface area contributed by atoms with E-state index in [0.717, 1.165) is 35.8 Å². The highest BCUT2D eigenvalue weighted by atomic mass is 19.1. The molecule has 2 aromatic carbocycles. The molecule has 0 atom stereocenters. The van der Waals surface area contributed by atoms with Crippen LogP contribution < -0.4 is 5.32 Å². The van der Waals surface area contributed by atoms with E-state index < -0.39 is 0 Å². The van der Waals surface area contributed by atoms with E-state index >= 15 is 0 Å². The van der Waals surface area contributed by atoms with Gasteiger partial charge in [-0.2, -0.15) is 0 Å². The molecule has 0 unspecified atom stereocenters. The highest BCUT2D eigenvalue weighted by Gasteiger charge is 2.24. The molecule has 2 aromatic heterocycles. The second kappa shape index (κ2) is 9.46. The van der Waals surface area contributed by atoms with Gasteiger partial charge in [0.05, 0.1) is 6.54 Å². The van der Waals surface area contributed by atoms with Crippen molar-refractivity contribution in [2.45, 2.75) is 27.3 Å². The molecule has 1 N–H and O–H groups in total. The number of hydrogen-bond donors (Lipinski definition) is 1. The molecule has 0 bridgehead atoms. The van der Waals surface area contributed by atoms with Crippen LogP contribution in [0.4, 0.5) is 14.9 Å². The van der Waals surface area contributed by atoms with Gasteiger partial charge in [-0.25, -0.2) is 19.2 Å². The first kappa shape index (κ1) is 23.0. The molecule has 1 aliphatic rings. The summed E-state index contributed by atoms with van der Waals surface area (Å²) in [6.45, 7) is 9.16. The first-order chi connectivity index (χ1) is 16.9. The molecule has 35 heavy (non-hydrogen) atoms. The number of imidazole rings is 1. The van der Waals surface area contributed by atoms with Gasteiger partial charge in [-0.05, 0) is 73.9 Å².